The van der Waals surface area contributed by atoms with Gasteiger partial charge in [-0.3, -0.25) is 4.79 Å². The van der Waals surface area contributed by atoms with Crippen LogP contribution in [-0.2, 0) is 4.79 Å². The van der Waals surface area contributed by atoms with Crippen LogP contribution in [0.5, 0.6) is 17.2 Å². The molecular weight excluding hydrogens is 320 g/mol. The number of carbonyl (C=O) groups excluding carboxylic acids is 1. The molecule has 1 aliphatic heterocycles. The van der Waals surface area contributed by atoms with Crippen molar-refractivity contribution in [1.82, 2.24) is 5.32 Å². The van der Waals surface area contributed by atoms with Crippen LogP contribution in [0.2, 0.25) is 0 Å². The van der Waals surface area contributed by atoms with E-state index in [2.05, 4.69) is 10.3 Å². The summed E-state index contributed by atoms with van der Waals surface area (Å²) in [5, 5.41) is 2.77. The van der Waals surface area contributed by atoms with Crippen LogP contribution in [-0.4, -0.2) is 33.1 Å². The second-order valence-electron chi connectivity index (χ2n) is 5.29. The van der Waals surface area contributed by atoms with Gasteiger partial charge < -0.3 is 19.5 Å². The number of nitrogens with zero attached hydrogens (tertiary/aromatic N) is 1. The maximum Gasteiger partial charge on any atom is 0.275 e. The predicted molar refractivity (Wildman–Crippen MR) is 95.2 cm³/mol. The van der Waals surface area contributed by atoms with E-state index in [4.69, 9.17) is 14.2 Å². The van der Waals surface area contributed by atoms with E-state index in [9.17, 15) is 4.79 Å². The van der Waals surface area contributed by atoms with Gasteiger partial charge in [0, 0.05) is 17.2 Å². The molecule has 128 valence electrons. The molecule has 0 atom stereocenters. The zero-order chi connectivity index (χ0) is 17.8. The molecule has 0 spiro atoms. The van der Waals surface area contributed by atoms with Crippen molar-refractivity contribution in [3.8, 4) is 17.2 Å². The number of nitrogens with one attached hydrogen (secondary N) is 1. The molecule has 1 N–H and O–H groups in total. The number of ether oxygens (including phenoxy) is 3. The van der Waals surface area contributed by atoms with Gasteiger partial charge in [0.25, 0.3) is 5.91 Å². The highest BCUT2D eigenvalue weighted by Crippen LogP contribution is 2.26. The summed E-state index contributed by atoms with van der Waals surface area (Å²) in [4.78, 5) is 16.7. The minimum absolute atomic E-state index is 0.275. The molecule has 0 unspecified atom stereocenters. The molecule has 6 nitrogen and oxygen atoms in total. The lowest BCUT2D eigenvalue weighted by atomic mass is 10.1. The zero-order valence-corrected chi connectivity index (χ0v) is 14.2. The molecule has 1 heterocycles. The van der Waals surface area contributed by atoms with E-state index in [1.165, 1.54) is 0 Å². The largest absolute Gasteiger partial charge is 0.497 e. The van der Waals surface area contributed by atoms with Crippen LogP contribution in [0.3, 0.4) is 0 Å². The monoisotopic (exact) mass is 338 g/mol. The Morgan fingerprint density at radius 2 is 1.64 bits per heavy atom. The van der Waals surface area contributed by atoms with Crippen LogP contribution in [0.4, 0.5) is 0 Å². The number of carbonyl (C=O) groups is 1. The minimum Gasteiger partial charge on any atom is -0.497 e. The Kier molecular flexibility index (Phi) is 4.70. The fourth-order valence-corrected chi connectivity index (χ4v) is 2.48. The van der Waals surface area contributed by atoms with Crippen molar-refractivity contribution >= 4 is 17.8 Å². The quantitative estimate of drug-likeness (QED) is 0.851. The average Bonchev–Trinajstić information content (AvgIpc) is 3.02. The van der Waals surface area contributed by atoms with Crippen molar-refractivity contribution in [2.24, 2.45) is 4.99 Å². The molecule has 2 aromatic carbocycles. The van der Waals surface area contributed by atoms with E-state index in [1.807, 2.05) is 24.3 Å². The molecular formula is C19H18N2O4. The molecule has 1 amide bonds. The first kappa shape index (κ1) is 16.6. The Bertz CT molecular complexity index is 849. The Hall–Kier alpha value is -3.28. The molecule has 6 heteroatoms. The first-order valence-corrected chi connectivity index (χ1v) is 7.63. The van der Waals surface area contributed by atoms with Crippen LogP contribution in [0, 0.1) is 0 Å². The lowest BCUT2D eigenvalue weighted by molar-refractivity contribution is -0.115. The van der Waals surface area contributed by atoms with E-state index >= 15 is 0 Å². The molecule has 25 heavy (non-hydrogen) atoms. The molecule has 0 aliphatic carbocycles. The third kappa shape index (κ3) is 3.47. The fraction of sp³-hybridized carbons (Fsp3) is 0.158. The summed E-state index contributed by atoms with van der Waals surface area (Å²) in [6.45, 7) is 0. The second kappa shape index (κ2) is 7.09. The first-order valence-electron chi connectivity index (χ1n) is 7.63. The number of hydrogen-bond acceptors (Lipinski definition) is 5. The number of aliphatic imine (C=N–C) groups is 1. The van der Waals surface area contributed by atoms with Gasteiger partial charge in [0.05, 0.1) is 21.3 Å². The van der Waals surface area contributed by atoms with Gasteiger partial charge in [-0.1, -0.05) is 18.2 Å². The molecule has 0 radical (unpaired) electrons. The molecule has 0 saturated heterocycles. The second-order valence-corrected chi connectivity index (χ2v) is 5.29. The van der Waals surface area contributed by atoms with Crippen molar-refractivity contribution in [2.45, 2.75) is 0 Å². The maximum atomic E-state index is 12.3. The summed E-state index contributed by atoms with van der Waals surface area (Å²) in [6, 6.07) is 12.8. The smallest absolute Gasteiger partial charge is 0.275 e. The predicted octanol–water partition coefficient (Wildman–Crippen LogP) is 2.63. The van der Waals surface area contributed by atoms with E-state index in [-0.39, 0.29) is 5.91 Å². The number of benzene rings is 2. The van der Waals surface area contributed by atoms with Gasteiger partial charge in [-0.05, 0) is 24.3 Å². The standard InChI is InChI=1S/C19H18N2O4/c1-23-14-8-13(9-15(11-14)24-2)18-20-16(19(22)21-18)10-12-6-4-5-7-17(12)25-3/h4-11H,1-3H3,(H,20,21,22)/b16-10-. The van der Waals surface area contributed by atoms with Gasteiger partial charge in [0.1, 0.15) is 28.8 Å². The van der Waals surface area contributed by atoms with Crippen molar-refractivity contribution in [2.75, 3.05) is 21.3 Å². The summed E-state index contributed by atoms with van der Waals surface area (Å²) in [5.74, 6) is 2.09. The van der Waals surface area contributed by atoms with E-state index in [0.717, 1.165) is 5.56 Å². The summed E-state index contributed by atoms with van der Waals surface area (Å²) < 4.78 is 15.8. The molecule has 0 fully saturated rings. The molecule has 0 saturated carbocycles. The number of methoxy groups -OCH3 is 3. The zero-order valence-electron chi connectivity index (χ0n) is 14.2. The summed E-state index contributed by atoms with van der Waals surface area (Å²) in [7, 11) is 4.73. The third-order valence-electron chi connectivity index (χ3n) is 3.75. The Morgan fingerprint density at radius 1 is 0.960 bits per heavy atom. The normalized spacial score (nSPS) is 14.9. The summed E-state index contributed by atoms with van der Waals surface area (Å²) in [5.41, 5.74) is 1.79. The fourth-order valence-electron chi connectivity index (χ4n) is 2.48. The van der Waals surface area contributed by atoms with Crippen LogP contribution in [0.15, 0.2) is 53.2 Å². The Balaban J connectivity index is 1.99. The number of rotatable bonds is 5. The molecule has 3 rings (SSSR count). The lowest BCUT2D eigenvalue weighted by Gasteiger charge is -2.08. The Labute approximate surface area is 145 Å². The first-order chi connectivity index (χ1) is 12.1. The van der Waals surface area contributed by atoms with Crippen LogP contribution >= 0.6 is 0 Å². The average molecular weight is 338 g/mol. The van der Waals surface area contributed by atoms with Gasteiger partial charge in [0.15, 0.2) is 0 Å². The van der Waals surface area contributed by atoms with Gasteiger partial charge in [0.2, 0.25) is 0 Å². The SMILES string of the molecule is COc1cc(OC)cc(C2=N/C(=C\c3ccccc3OC)C(=O)N2)c1. The topological polar surface area (TPSA) is 69.1 Å². The third-order valence-corrected chi connectivity index (χ3v) is 3.75. The van der Waals surface area contributed by atoms with E-state index < -0.39 is 0 Å². The molecule has 0 aromatic heterocycles. The number of para-hydroxylation sites is 1. The highest BCUT2D eigenvalue weighted by molar-refractivity contribution is 6.20. The van der Waals surface area contributed by atoms with Crippen LogP contribution in [0.1, 0.15) is 11.1 Å². The van der Waals surface area contributed by atoms with E-state index in [0.29, 0.717) is 34.3 Å². The molecule has 1 aliphatic rings. The molecule has 0 bridgehead atoms. The van der Waals surface area contributed by atoms with Gasteiger partial charge in [-0.25, -0.2) is 4.99 Å². The lowest BCUT2D eigenvalue weighted by Crippen LogP contribution is -2.24. The molecule has 2 aromatic rings. The minimum atomic E-state index is -0.275. The van der Waals surface area contributed by atoms with Gasteiger partial charge in [-0.15, -0.1) is 0 Å². The summed E-state index contributed by atoms with van der Waals surface area (Å²) in [6.07, 6.45) is 1.69. The van der Waals surface area contributed by atoms with Crippen molar-refractivity contribution in [1.29, 1.82) is 0 Å². The maximum absolute atomic E-state index is 12.3. The summed E-state index contributed by atoms with van der Waals surface area (Å²) >= 11 is 0. The van der Waals surface area contributed by atoms with Crippen molar-refractivity contribution in [3.05, 3.63) is 59.3 Å². The van der Waals surface area contributed by atoms with Crippen LogP contribution < -0.4 is 19.5 Å². The number of hydrogen-bond donors (Lipinski definition) is 1. The van der Waals surface area contributed by atoms with Gasteiger partial charge in [-0.2, -0.15) is 0 Å². The Morgan fingerprint density at radius 3 is 2.28 bits per heavy atom. The highest BCUT2D eigenvalue weighted by atomic mass is 16.5. The van der Waals surface area contributed by atoms with Crippen molar-refractivity contribution in [3.63, 3.8) is 0 Å². The number of amidine groups is 1. The van der Waals surface area contributed by atoms with Gasteiger partial charge >= 0.3 is 0 Å². The number of amides is 1. The van der Waals surface area contributed by atoms with Crippen LogP contribution in [0.25, 0.3) is 6.08 Å². The van der Waals surface area contributed by atoms with E-state index in [1.54, 1.807) is 45.6 Å². The van der Waals surface area contributed by atoms with Crippen molar-refractivity contribution < 1.29 is 19.0 Å². The highest BCUT2D eigenvalue weighted by Gasteiger charge is 2.22.